The van der Waals surface area contributed by atoms with Crippen LogP contribution in [0.4, 0.5) is 0 Å². The highest BCUT2D eigenvalue weighted by atomic mass is 16.5. The molecule has 0 spiro atoms. The summed E-state index contributed by atoms with van der Waals surface area (Å²) in [6.45, 7) is 3.82. The van der Waals surface area contributed by atoms with Crippen molar-refractivity contribution in [3.63, 3.8) is 0 Å². The maximum atomic E-state index is 9.64. The molecule has 1 aliphatic carbocycles. The first-order chi connectivity index (χ1) is 7.76. The van der Waals surface area contributed by atoms with Crippen LogP contribution < -0.4 is 5.32 Å². The predicted molar refractivity (Wildman–Crippen MR) is 65.1 cm³/mol. The zero-order chi connectivity index (χ0) is 11.8. The van der Waals surface area contributed by atoms with Gasteiger partial charge in [0.05, 0.1) is 18.8 Å². The van der Waals surface area contributed by atoms with Crippen molar-refractivity contribution in [1.82, 2.24) is 5.32 Å². The average Bonchev–Trinajstić information content (AvgIpc) is 3.08. The summed E-state index contributed by atoms with van der Waals surface area (Å²) < 4.78 is 5.40. The number of terminal acetylenes is 1. The monoisotopic (exact) mass is 225 g/mol. The molecule has 0 aromatic rings. The fourth-order valence-corrected chi connectivity index (χ4v) is 1.53. The predicted octanol–water partition coefficient (Wildman–Crippen LogP) is 1.17. The molecular weight excluding hydrogens is 202 g/mol. The van der Waals surface area contributed by atoms with Gasteiger partial charge in [0.2, 0.25) is 0 Å². The first-order valence-corrected chi connectivity index (χ1v) is 6.21. The van der Waals surface area contributed by atoms with E-state index in [0.717, 1.165) is 25.4 Å². The quantitative estimate of drug-likeness (QED) is 0.579. The third kappa shape index (κ3) is 6.12. The Bertz CT molecular complexity index is 220. The molecule has 0 bridgehead atoms. The maximum absolute atomic E-state index is 9.64. The number of aliphatic hydroxyl groups is 1. The molecule has 3 nitrogen and oxygen atoms in total. The number of nitrogens with one attached hydrogen (secondary N) is 1. The third-order valence-electron chi connectivity index (χ3n) is 2.74. The zero-order valence-corrected chi connectivity index (χ0v) is 10.1. The molecule has 0 radical (unpaired) electrons. The van der Waals surface area contributed by atoms with Gasteiger partial charge in [-0.25, -0.2) is 0 Å². The zero-order valence-electron chi connectivity index (χ0n) is 10.1. The highest BCUT2D eigenvalue weighted by Gasteiger charge is 2.21. The number of hydrogen-bond acceptors (Lipinski definition) is 3. The second kappa shape index (κ2) is 7.67. The van der Waals surface area contributed by atoms with Crippen molar-refractivity contribution in [1.29, 1.82) is 0 Å². The van der Waals surface area contributed by atoms with Gasteiger partial charge in [-0.05, 0) is 25.2 Å². The van der Waals surface area contributed by atoms with Gasteiger partial charge < -0.3 is 15.2 Å². The van der Waals surface area contributed by atoms with Crippen LogP contribution in [-0.4, -0.2) is 37.0 Å². The van der Waals surface area contributed by atoms with E-state index in [9.17, 15) is 5.11 Å². The van der Waals surface area contributed by atoms with E-state index in [-0.39, 0.29) is 6.04 Å². The summed E-state index contributed by atoms with van der Waals surface area (Å²) in [6.07, 6.45) is 9.48. The highest BCUT2D eigenvalue weighted by Crippen LogP contribution is 2.28. The first-order valence-electron chi connectivity index (χ1n) is 6.21. The van der Waals surface area contributed by atoms with Gasteiger partial charge in [-0.15, -0.1) is 6.42 Å². The van der Waals surface area contributed by atoms with Gasteiger partial charge >= 0.3 is 0 Å². The highest BCUT2D eigenvalue weighted by molar-refractivity contribution is 4.98. The van der Waals surface area contributed by atoms with Crippen molar-refractivity contribution in [2.45, 2.75) is 44.8 Å². The minimum atomic E-state index is -0.452. The summed E-state index contributed by atoms with van der Waals surface area (Å²) in [5.74, 6) is 3.43. The summed E-state index contributed by atoms with van der Waals surface area (Å²) in [7, 11) is 0. The molecule has 2 N–H and O–H groups in total. The minimum Gasteiger partial charge on any atom is -0.389 e. The standard InChI is InChI=1S/C13H23NO2/c1-3-5-12(4-2)14-8-13(15)10-16-9-11-6-7-11/h2,11-15H,3,5-10H2,1H3. The van der Waals surface area contributed by atoms with Crippen molar-refractivity contribution in [3.05, 3.63) is 0 Å². The van der Waals surface area contributed by atoms with E-state index in [1.54, 1.807) is 0 Å². The average molecular weight is 225 g/mol. The lowest BCUT2D eigenvalue weighted by Crippen LogP contribution is -2.36. The molecule has 0 saturated heterocycles. The van der Waals surface area contributed by atoms with Gasteiger partial charge in [-0.2, -0.15) is 0 Å². The SMILES string of the molecule is C#CC(CCC)NCC(O)COCC1CC1. The summed E-state index contributed by atoms with van der Waals surface area (Å²) in [5.41, 5.74) is 0. The molecule has 3 heteroatoms. The summed E-state index contributed by atoms with van der Waals surface area (Å²) in [6, 6.07) is 0.0723. The Kier molecular flexibility index (Phi) is 6.47. The van der Waals surface area contributed by atoms with Crippen LogP contribution >= 0.6 is 0 Å². The smallest absolute Gasteiger partial charge is 0.0898 e. The lowest BCUT2D eigenvalue weighted by atomic mass is 10.2. The minimum absolute atomic E-state index is 0.0723. The van der Waals surface area contributed by atoms with Crippen molar-refractivity contribution in [2.75, 3.05) is 19.8 Å². The van der Waals surface area contributed by atoms with Gasteiger partial charge in [0.25, 0.3) is 0 Å². The molecule has 16 heavy (non-hydrogen) atoms. The van der Waals surface area contributed by atoms with Gasteiger partial charge in [-0.3, -0.25) is 0 Å². The van der Waals surface area contributed by atoms with E-state index in [1.807, 2.05) is 0 Å². The molecular formula is C13H23NO2. The fourth-order valence-electron chi connectivity index (χ4n) is 1.53. The van der Waals surface area contributed by atoms with Gasteiger partial charge in [0.1, 0.15) is 0 Å². The topological polar surface area (TPSA) is 41.5 Å². The maximum Gasteiger partial charge on any atom is 0.0898 e. The molecule has 0 aromatic heterocycles. The lowest BCUT2D eigenvalue weighted by molar-refractivity contribution is 0.0319. The Labute approximate surface area is 98.6 Å². The second-order valence-electron chi connectivity index (χ2n) is 4.55. The van der Waals surface area contributed by atoms with E-state index in [2.05, 4.69) is 18.2 Å². The van der Waals surface area contributed by atoms with Gasteiger partial charge in [-0.1, -0.05) is 19.3 Å². The van der Waals surface area contributed by atoms with Crippen molar-refractivity contribution in [3.8, 4) is 12.3 Å². The molecule has 0 aliphatic heterocycles. The van der Waals surface area contributed by atoms with Crippen LogP contribution in [0.25, 0.3) is 0 Å². The molecule has 1 fully saturated rings. The Morgan fingerprint density at radius 3 is 2.88 bits per heavy atom. The number of aliphatic hydroxyl groups excluding tert-OH is 1. The normalized spacial score (nSPS) is 19.1. The molecule has 0 amide bonds. The van der Waals surface area contributed by atoms with Crippen LogP contribution in [0.15, 0.2) is 0 Å². The second-order valence-corrected chi connectivity index (χ2v) is 4.55. The fraction of sp³-hybridized carbons (Fsp3) is 0.846. The lowest BCUT2D eigenvalue weighted by Gasteiger charge is -2.16. The molecule has 92 valence electrons. The van der Waals surface area contributed by atoms with Crippen molar-refractivity contribution >= 4 is 0 Å². The Morgan fingerprint density at radius 2 is 2.31 bits per heavy atom. The van der Waals surface area contributed by atoms with E-state index < -0.39 is 6.10 Å². The molecule has 2 atom stereocenters. The van der Waals surface area contributed by atoms with E-state index >= 15 is 0 Å². The van der Waals surface area contributed by atoms with E-state index in [1.165, 1.54) is 12.8 Å². The largest absolute Gasteiger partial charge is 0.389 e. The van der Waals surface area contributed by atoms with Gasteiger partial charge in [0, 0.05) is 13.2 Å². The van der Waals surface area contributed by atoms with Crippen LogP contribution in [0.5, 0.6) is 0 Å². The van der Waals surface area contributed by atoms with Crippen LogP contribution in [0.2, 0.25) is 0 Å². The molecule has 0 heterocycles. The van der Waals surface area contributed by atoms with Crippen LogP contribution in [0.3, 0.4) is 0 Å². The first kappa shape index (κ1) is 13.5. The van der Waals surface area contributed by atoms with Crippen LogP contribution in [0, 0.1) is 18.3 Å². The molecule has 1 aliphatic rings. The number of ether oxygens (including phenoxy) is 1. The molecule has 1 saturated carbocycles. The Balaban J connectivity index is 1.98. The van der Waals surface area contributed by atoms with Crippen molar-refractivity contribution < 1.29 is 9.84 Å². The van der Waals surface area contributed by atoms with Crippen molar-refractivity contribution in [2.24, 2.45) is 5.92 Å². The van der Waals surface area contributed by atoms with Gasteiger partial charge in [0.15, 0.2) is 0 Å². The Hall–Kier alpha value is -0.560. The Morgan fingerprint density at radius 1 is 1.56 bits per heavy atom. The summed E-state index contributed by atoms with van der Waals surface area (Å²) >= 11 is 0. The summed E-state index contributed by atoms with van der Waals surface area (Å²) in [5, 5.41) is 12.8. The summed E-state index contributed by atoms with van der Waals surface area (Å²) in [4.78, 5) is 0. The third-order valence-corrected chi connectivity index (χ3v) is 2.74. The molecule has 2 unspecified atom stereocenters. The molecule has 1 rings (SSSR count). The molecule has 0 aromatic carbocycles. The van der Waals surface area contributed by atoms with E-state index in [0.29, 0.717) is 13.2 Å². The van der Waals surface area contributed by atoms with Crippen LogP contribution in [-0.2, 0) is 4.74 Å². The van der Waals surface area contributed by atoms with Crippen LogP contribution in [0.1, 0.15) is 32.6 Å². The number of rotatable bonds is 9. The number of hydrogen-bond donors (Lipinski definition) is 2. The van der Waals surface area contributed by atoms with E-state index in [4.69, 9.17) is 11.2 Å².